The van der Waals surface area contributed by atoms with Crippen LogP contribution in [-0.4, -0.2) is 42.6 Å². The predicted molar refractivity (Wildman–Crippen MR) is 58.5 cm³/mol. The summed E-state index contributed by atoms with van der Waals surface area (Å²) in [4.78, 5) is 8.41. The molecule has 3 nitrogen and oxygen atoms in total. The van der Waals surface area contributed by atoms with E-state index in [0.29, 0.717) is 0 Å². The average Bonchev–Trinajstić information content (AvgIpc) is 2.29. The summed E-state index contributed by atoms with van der Waals surface area (Å²) in [6.45, 7) is 7.19. The van der Waals surface area contributed by atoms with Gasteiger partial charge < -0.3 is 9.80 Å². The Morgan fingerprint density at radius 3 is 2.60 bits per heavy atom. The van der Waals surface area contributed by atoms with Crippen molar-refractivity contribution in [2.75, 3.05) is 37.6 Å². The van der Waals surface area contributed by atoms with Gasteiger partial charge in [-0.15, -0.1) is 0 Å². The van der Waals surface area contributed by atoms with Gasteiger partial charge in [-0.3, -0.25) is 0 Å². The second-order valence-corrected chi connectivity index (χ2v) is 3.74. The van der Waals surface area contributed by atoms with Crippen molar-refractivity contribution in [3.05, 3.63) is 24.1 Å². The van der Waals surface area contributed by atoms with E-state index in [4.69, 9.17) is 0 Å². The number of halogens is 1. The van der Waals surface area contributed by atoms with E-state index in [-0.39, 0.29) is 0 Å². The first-order chi connectivity index (χ1) is 7.29. The summed E-state index contributed by atoms with van der Waals surface area (Å²) in [7, 11) is 0. The minimum atomic E-state index is -0.398. The summed E-state index contributed by atoms with van der Waals surface area (Å²) in [6, 6.07) is 4.96. The van der Waals surface area contributed by atoms with Gasteiger partial charge in [0.05, 0.1) is 0 Å². The van der Waals surface area contributed by atoms with Crippen LogP contribution in [0, 0.1) is 5.95 Å². The molecule has 1 aromatic heterocycles. The van der Waals surface area contributed by atoms with Crippen LogP contribution in [0.5, 0.6) is 0 Å². The van der Waals surface area contributed by atoms with Crippen LogP contribution in [-0.2, 0) is 0 Å². The molecule has 0 unspecified atom stereocenters. The summed E-state index contributed by atoms with van der Waals surface area (Å²) >= 11 is 0. The molecule has 1 saturated heterocycles. The van der Waals surface area contributed by atoms with E-state index >= 15 is 0 Å². The molecule has 2 rings (SSSR count). The molecule has 0 N–H and O–H groups in total. The molecular weight excluding hydrogens is 193 g/mol. The van der Waals surface area contributed by atoms with Gasteiger partial charge in [0.25, 0.3) is 0 Å². The highest BCUT2D eigenvalue weighted by molar-refractivity contribution is 5.38. The lowest BCUT2D eigenvalue weighted by Gasteiger charge is -2.34. The first-order valence-electron chi connectivity index (χ1n) is 5.39. The molecule has 1 fully saturated rings. The van der Waals surface area contributed by atoms with Gasteiger partial charge in [0.15, 0.2) is 0 Å². The fraction of sp³-hybridized carbons (Fsp3) is 0.545. The quantitative estimate of drug-likeness (QED) is 0.686. The van der Waals surface area contributed by atoms with Crippen LogP contribution in [0.2, 0.25) is 0 Å². The minimum Gasteiger partial charge on any atom is -0.354 e. The number of hydrogen-bond donors (Lipinski definition) is 0. The Bertz CT molecular complexity index is 321. The number of nitrogens with zero attached hydrogens (tertiary/aromatic N) is 3. The molecule has 0 bridgehead atoms. The smallest absolute Gasteiger partial charge is 0.214 e. The van der Waals surface area contributed by atoms with Gasteiger partial charge in [0, 0.05) is 26.2 Å². The largest absolute Gasteiger partial charge is 0.354 e. The molecule has 0 radical (unpaired) electrons. The predicted octanol–water partition coefficient (Wildman–Crippen LogP) is 1.36. The van der Waals surface area contributed by atoms with Crippen LogP contribution in [0.15, 0.2) is 18.2 Å². The van der Waals surface area contributed by atoms with Gasteiger partial charge in [-0.1, -0.05) is 13.0 Å². The van der Waals surface area contributed by atoms with Crippen LogP contribution in [0.25, 0.3) is 0 Å². The zero-order valence-electron chi connectivity index (χ0n) is 8.99. The Morgan fingerprint density at radius 2 is 2.00 bits per heavy atom. The maximum absolute atomic E-state index is 12.9. The van der Waals surface area contributed by atoms with Crippen LogP contribution in [0.4, 0.5) is 10.2 Å². The van der Waals surface area contributed by atoms with Crippen molar-refractivity contribution < 1.29 is 4.39 Å². The van der Waals surface area contributed by atoms with Crippen molar-refractivity contribution in [2.24, 2.45) is 0 Å². The molecule has 0 amide bonds. The highest BCUT2D eigenvalue weighted by atomic mass is 19.1. The van der Waals surface area contributed by atoms with Gasteiger partial charge >= 0.3 is 0 Å². The molecule has 0 saturated carbocycles. The van der Waals surface area contributed by atoms with Crippen molar-refractivity contribution in [2.45, 2.75) is 6.92 Å². The number of pyridine rings is 1. The summed E-state index contributed by atoms with van der Waals surface area (Å²) in [6.07, 6.45) is 0. The molecule has 1 aliphatic heterocycles. The highest BCUT2D eigenvalue weighted by Gasteiger charge is 2.16. The summed E-state index contributed by atoms with van der Waals surface area (Å²) in [5, 5.41) is 0. The molecule has 0 aliphatic carbocycles. The number of hydrogen-bond acceptors (Lipinski definition) is 3. The average molecular weight is 209 g/mol. The fourth-order valence-electron chi connectivity index (χ4n) is 1.87. The van der Waals surface area contributed by atoms with E-state index in [2.05, 4.69) is 21.7 Å². The SMILES string of the molecule is CCN1CCN(c2cccc(F)n2)CC1. The first kappa shape index (κ1) is 10.4. The summed E-state index contributed by atoms with van der Waals surface area (Å²) in [5.41, 5.74) is 0. The Hall–Kier alpha value is -1.16. The van der Waals surface area contributed by atoms with Gasteiger partial charge in [0.2, 0.25) is 5.95 Å². The lowest BCUT2D eigenvalue weighted by molar-refractivity contribution is 0.270. The molecule has 15 heavy (non-hydrogen) atoms. The summed E-state index contributed by atoms with van der Waals surface area (Å²) in [5.74, 6) is 0.358. The molecule has 4 heteroatoms. The van der Waals surface area contributed by atoms with Gasteiger partial charge in [-0.05, 0) is 18.7 Å². The van der Waals surface area contributed by atoms with Gasteiger partial charge in [-0.2, -0.15) is 4.39 Å². The standard InChI is InChI=1S/C11H16FN3/c1-2-14-6-8-15(9-7-14)11-5-3-4-10(12)13-11/h3-5H,2,6-9H2,1H3. The third kappa shape index (κ3) is 2.45. The number of anilines is 1. The van der Waals surface area contributed by atoms with E-state index in [1.165, 1.54) is 6.07 Å². The van der Waals surface area contributed by atoms with Crippen LogP contribution >= 0.6 is 0 Å². The number of rotatable bonds is 2. The van der Waals surface area contributed by atoms with E-state index in [1.54, 1.807) is 6.07 Å². The highest BCUT2D eigenvalue weighted by Crippen LogP contribution is 2.13. The van der Waals surface area contributed by atoms with Gasteiger partial charge in [0.1, 0.15) is 5.82 Å². The number of aromatic nitrogens is 1. The van der Waals surface area contributed by atoms with Crippen LogP contribution in [0.1, 0.15) is 6.92 Å². The summed E-state index contributed by atoms with van der Waals surface area (Å²) < 4.78 is 12.9. The second-order valence-electron chi connectivity index (χ2n) is 3.74. The molecule has 0 aromatic carbocycles. The minimum absolute atomic E-state index is 0.398. The van der Waals surface area contributed by atoms with E-state index in [0.717, 1.165) is 38.5 Å². The molecule has 0 atom stereocenters. The van der Waals surface area contributed by atoms with E-state index in [9.17, 15) is 4.39 Å². The molecule has 2 heterocycles. The lowest BCUT2D eigenvalue weighted by Crippen LogP contribution is -2.46. The number of likely N-dealkylation sites (N-methyl/N-ethyl adjacent to an activating group) is 1. The second kappa shape index (κ2) is 4.57. The normalized spacial score (nSPS) is 18.1. The fourth-order valence-corrected chi connectivity index (χ4v) is 1.87. The maximum Gasteiger partial charge on any atom is 0.214 e. The monoisotopic (exact) mass is 209 g/mol. The zero-order chi connectivity index (χ0) is 10.7. The van der Waals surface area contributed by atoms with E-state index in [1.807, 2.05) is 6.07 Å². The topological polar surface area (TPSA) is 19.4 Å². The lowest BCUT2D eigenvalue weighted by atomic mass is 10.3. The van der Waals surface area contributed by atoms with Gasteiger partial charge in [-0.25, -0.2) is 4.98 Å². The van der Waals surface area contributed by atoms with Crippen LogP contribution < -0.4 is 4.90 Å². The molecule has 82 valence electrons. The zero-order valence-corrected chi connectivity index (χ0v) is 8.99. The van der Waals surface area contributed by atoms with Crippen LogP contribution in [0.3, 0.4) is 0 Å². The van der Waals surface area contributed by atoms with Crippen molar-refractivity contribution in [3.63, 3.8) is 0 Å². The van der Waals surface area contributed by atoms with Crippen molar-refractivity contribution in [3.8, 4) is 0 Å². The Kier molecular flexibility index (Phi) is 3.16. The Balaban J connectivity index is 2.01. The van der Waals surface area contributed by atoms with Crippen molar-refractivity contribution in [1.82, 2.24) is 9.88 Å². The maximum atomic E-state index is 12.9. The molecule has 1 aromatic rings. The third-order valence-corrected chi connectivity index (χ3v) is 2.84. The molecular formula is C11H16FN3. The van der Waals surface area contributed by atoms with Crippen molar-refractivity contribution >= 4 is 5.82 Å². The van der Waals surface area contributed by atoms with E-state index < -0.39 is 5.95 Å². The molecule has 1 aliphatic rings. The van der Waals surface area contributed by atoms with Crippen molar-refractivity contribution in [1.29, 1.82) is 0 Å². The Labute approximate surface area is 89.5 Å². The Morgan fingerprint density at radius 1 is 1.27 bits per heavy atom. The third-order valence-electron chi connectivity index (χ3n) is 2.84. The molecule has 0 spiro atoms. The number of piperazine rings is 1. The first-order valence-corrected chi connectivity index (χ1v) is 5.39.